The lowest BCUT2D eigenvalue weighted by Crippen LogP contribution is -2.39. The fourth-order valence-corrected chi connectivity index (χ4v) is 5.76. The van der Waals surface area contributed by atoms with Gasteiger partial charge in [-0.25, -0.2) is 9.97 Å². The first-order valence-electron chi connectivity index (χ1n) is 11.0. The van der Waals surface area contributed by atoms with Gasteiger partial charge in [0, 0.05) is 30.1 Å². The summed E-state index contributed by atoms with van der Waals surface area (Å²) in [6.45, 7) is 4.80. The van der Waals surface area contributed by atoms with Gasteiger partial charge >= 0.3 is 0 Å². The van der Waals surface area contributed by atoms with Gasteiger partial charge in [-0.2, -0.15) is 0 Å². The number of rotatable bonds is 5. The Morgan fingerprint density at radius 1 is 1.31 bits per heavy atom. The van der Waals surface area contributed by atoms with E-state index >= 15 is 0 Å². The van der Waals surface area contributed by atoms with E-state index in [9.17, 15) is 4.79 Å². The molecule has 1 aromatic carbocycles. The lowest BCUT2D eigenvalue weighted by atomic mass is 9.86. The molecule has 5 rings (SSSR count). The summed E-state index contributed by atoms with van der Waals surface area (Å²) < 4.78 is 5.63. The van der Waals surface area contributed by atoms with Crippen LogP contribution >= 0.6 is 11.3 Å². The van der Waals surface area contributed by atoms with E-state index in [2.05, 4.69) is 40.2 Å². The van der Waals surface area contributed by atoms with E-state index in [0.29, 0.717) is 6.54 Å². The number of benzene rings is 1. The van der Waals surface area contributed by atoms with Crippen molar-refractivity contribution in [2.75, 3.05) is 19.5 Å². The zero-order valence-electron chi connectivity index (χ0n) is 18.8. The SMILES string of the molecule is COc1cc2c(cc1Nc1ncnc3sc4c(c13)CCC(C(=O)N(C)C(C)C)C4)C=NC2. The van der Waals surface area contributed by atoms with E-state index < -0.39 is 0 Å². The number of thiophene rings is 1. The van der Waals surface area contributed by atoms with Gasteiger partial charge in [-0.05, 0) is 61.9 Å². The van der Waals surface area contributed by atoms with Gasteiger partial charge in [-0.1, -0.05) is 0 Å². The van der Waals surface area contributed by atoms with E-state index in [4.69, 9.17) is 4.74 Å². The van der Waals surface area contributed by atoms with Crippen LogP contribution in [0.5, 0.6) is 5.75 Å². The Morgan fingerprint density at radius 2 is 2.16 bits per heavy atom. The van der Waals surface area contributed by atoms with Gasteiger partial charge < -0.3 is 15.0 Å². The number of ether oxygens (including phenoxy) is 1. The van der Waals surface area contributed by atoms with Gasteiger partial charge in [0.25, 0.3) is 0 Å². The fraction of sp³-hybridized carbons (Fsp3) is 0.417. The van der Waals surface area contributed by atoms with Gasteiger partial charge in [0.1, 0.15) is 22.7 Å². The van der Waals surface area contributed by atoms with Gasteiger partial charge in [-0.15, -0.1) is 11.3 Å². The molecule has 1 amide bonds. The lowest BCUT2D eigenvalue weighted by Gasteiger charge is -2.29. The van der Waals surface area contributed by atoms with Crippen LogP contribution in [0.1, 0.15) is 41.8 Å². The highest BCUT2D eigenvalue weighted by Crippen LogP contribution is 2.42. The van der Waals surface area contributed by atoms with Crippen LogP contribution in [-0.4, -0.2) is 47.2 Å². The van der Waals surface area contributed by atoms with E-state index in [1.54, 1.807) is 24.8 Å². The van der Waals surface area contributed by atoms with Gasteiger partial charge in [0.2, 0.25) is 5.91 Å². The van der Waals surface area contributed by atoms with Crippen molar-refractivity contribution in [3.05, 3.63) is 40.0 Å². The molecular formula is C24H27N5O2S. The van der Waals surface area contributed by atoms with Crippen LogP contribution in [0.4, 0.5) is 11.5 Å². The Kier molecular flexibility index (Phi) is 5.33. The van der Waals surface area contributed by atoms with Gasteiger partial charge in [0.15, 0.2) is 0 Å². The third kappa shape index (κ3) is 3.52. The van der Waals surface area contributed by atoms with E-state index in [1.165, 1.54) is 10.4 Å². The summed E-state index contributed by atoms with van der Waals surface area (Å²) in [5.41, 5.74) is 4.39. The maximum atomic E-state index is 12.9. The predicted octanol–water partition coefficient (Wildman–Crippen LogP) is 4.35. The maximum Gasteiger partial charge on any atom is 0.226 e. The minimum atomic E-state index is 0.0309. The third-order valence-corrected chi connectivity index (χ3v) is 7.69. The second-order valence-corrected chi connectivity index (χ2v) is 9.82. The Balaban J connectivity index is 1.49. The van der Waals surface area contributed by atoms with Crippen molar-refractivity contribution in [2.45, 2.75) is 45.7 Å². The summed E-state index contributed by atoms with van der Waals surface area (Å²) in [6, 6.07) is 4.31. The summed E-state index contributed by atoms with van der Waals surface area (Å²) >= 11 is 1.68. The molecule has 7 nitrogen and oxygen atoms in total. The number of methoxy groups -OCH3 is 1. The van der Waals surface area contributed by atoms with Crippen molar-refractivity contribution in [3.63, 3.8) is 0 Å². The second kappa shape index (κ2) is 8.16. The molecule has 2 aliphatic rings. The van der Waals surface area contributed by atoms with Crippen LogP contribution in [0.15, 0.2) is 23.5 Å². The fourth-order valence-electron chi connectivity index (χ4n) is 4.49. The number of anilines is 2. The van der Waals surface area contributed by atoms with Gasteiger partial charge in [0.05, 0.1) is 24.7 Å². The quantitative estimate of drug-likeness (QED) is 0.627. The first kappa shape index (κ1) is 20.9. The number of nitrogens with one attached hydrogen (secondary N) is 1. The number of hydrogen-bond acceptors (Lipinski definition) is 7. The minimum absolute atomic E-state index is 0.0309. The highest BCUT2D eigenvalue weighted by molar-refractivity contribution is 7.19. The van der Waals surface area contributed by atoms with E-state index in [-0.39, 0.29) is 17.9 Å². The number of carbonyl (C=O) groups is 1. The first-order valence-corrected chi connectivity index (χ1v) is 11.8. The molecule has 1 aliphatic carbocycles. The molecule has 0 bridgehead atoms. The smallest absolute Gasteiger partial charge is 0.226 e. The number of carbonyl (C=O) groups excluding carboxylic acids is 1. The molecule has 0 fully saturated rings. The molecule has 0 saturated heterocycles. The molecule has 1 unspecified atom stereocenters. The molecule has 3 aromatic rings. The van der Waals surface area contributed by atoms with Crippen molar-refractivity contribution in [1.82, 2.24) is 14.9 Å². The highest BCUT2D eigenvalue weighted by atomic mass is 32.1. The standard InChI is InChI=1S/C24H27N5O2S/c1-13(2)29(3)24(30)14-5-6-17-20(9-14)32-23-21(17)22(26-12-27-23)28-18-7-15-10-25-11-16(15)8-19(18)31-4/h7-8,10,12-14H,5-6,9,11H2,1-4H3,(H,26,27,28). The van der Waals surface area contributed by atoms with Crippen molar-refractivity contribution in [1.29, 1.82) is 0 Å². The Morgan fingerprint density at radius 3 is 2.94 bits per heavy atom. The minimum Gasteiger partial charge on any atom is -0.495 e. The molecule has 1 atom stereocenters. The number of aliphatic imine (C=N–C) groups is 1. The molecular weight excluding hydrogens is 422 g/mol. The summed E-state index contributed by atoms with van der Waals surface area (Å²) in [5, 5.41) is 4.56. The maximum absolute atomic E-state index is 12.9. The first-order chi connectivity index (χ1) is 15.5. The summed E-state index contributed by atoms with van der Waals surface area (Å²) in [5.74, 6) is 1.82. The molecule has 0 radical (unpaired) electrons. The zero-order chi connectivity index (χ0) is 22.4. The number of nitrogens with zero attached hydrogens (tertiary/aromatic N) is 4. The Hall–Kier alpha value is -3.00. The predicted molar refractivity (Wildman–Crippen MR) is 128 cm³/mol. The van der Waals surface area contributed by atoms with Crippen LogP contribution in [0, 0.1) is 5.92 Å². The molecule has 1 aliphatic heterocycles. The highest BCUT2D eigenvalue weighted by Gasteiger charge is 2.31. The van der Waals surface area contributed by atoms with Crippen molar-refractivity contribution in [3.8, 4) is 5.75 Å². The molecule has 166 valence electrons. The lowest BCUT2D eigenvalue weighted by molar-refractivity contribution is -0.136. The number of aryl methyl sites for hydroxylation is 1. The van der Waals surface area contributed by atoms with Crippen LogP contribution in [0.3, 0.4) is 0 Å². The average molecular weight is 450 g/mol. The summed E-state index contributed by atoms with van der Waals surface area (Å²) in [6.07, 6.45) is 5.97. The number of amides is 1. The summed E-state index contributed by atoms with van der Waals surface area (Å²) in [4.78, 5) is 30.4. The topological polar surface area (TPSA) is 79.7 Å². The largest absolute Gasteiger partial charge is 0.495 e. The van der Waals surface area contributed by atoms with Crippen molar-refractivity contribution in [2.24, 2.45) is 10.9 Å². The monoisotopic (exact) mass is 449 g/mol. The van der Waals surface area contributed by atoms with Crippen LogP contribution in [0.25, 0.3) is 10.2 Å². The molecule has 0 saturated carbocycles. The van der Waals surface area contributed by atoms with Crippen molar-refractivity contribution < 1.29 is 9.53 Å². The van der Waals surface area contributed by atoms with E-state index in [1.807, 2.05) is 24.2 Å². The molecule has 2 aromatic heterocycles. The zero-order valence-corrected chi connectivity index (χ0v) is 19.6. The molecule has 32 heavy (non-hydrogen) atoms. The van der Waals surface area contributed by atoms with Crippen LogP contribution in [0.2, 0.25) is 0 Å². The third-order valence-electron chi connectivity index (χ3n) is 6.52. The van der Waals surface area contributed by atoms with E-state index in [0.717, 1.165) is 57.9 Å². The number of fused-ring (bicyclic) bond motifs is 4. The Labute approximate surface area is 191 Å². The normalized spacial score (nSPS) is 16.8. The van der Waals surface area contributed by atoms with Gasteiger partial charge in [-0.3, -0.25) is 9.79 Å². The number of hydrogen-bond donors (Lipinski definition) is 1. The summed E-state index contributed by atoms with van der Waals surface area (Å²) in [7, 11) is 3.58. The molecule has 0 spiro atoms. The van der Waals surface area contributed by atoms with Crippen molar-refractivity contribution >= 4 is 45.2 Å². The number of aromatic nitrogens is 2. The second-order valence-electron chi connectivity index (χ2n) is 8.73. The molecule has 1 N–H and O–H groups in total. The van der Waals surface area contributed by atoms with Crippen LogP contribution in [-0.2, 0) is 24.2 Å². The van der Waals surface area contributed by atoms with Crippen LogP contribution < -0.4 is 10.1 Å². The molecule has 3 heterocycles. The average Bonchev–Trinajstić information content (AvgIpc) is 3.40. The molecule has 8 heteroatoms. The Bertz CT molecular complexity index is 1230.